The molecule has 4 aliphatic rings. The van der Waals surface area contributed by atoms with Gasteiger partial charge in [-0.3, -0.25) is 14.2 Å². The van der Waals surface area contributed by atoms with Crippen molar-refractivity contribution in [1.29, 1.82) is 0 Å². The molecular weight excluding hydrogens is 432 g/mol. The highest BCUT2D eigenvalue weighted by molar-refractivity contribution is 7.80. The molecule has 0 aromatic carbocycles. The topological polar surface area (TPSA) is 153 Å². The van der Waals surface area contributed by atoms with Gasteiger partial charge in [0.15, 0.2) is 0 Å². The minimum Gasteiger partial charge on any atom is -0.314 e. The molecule has 4 fully saturated rings. The Balaban J connectivity index is 1.19. The second-order valence-electron chi connectivity index (χ2n) is 8.54. The fourth-order valence-electron chi connectivity index (χ4n) is 4.81. The number of carbonyl (C=O) groups is 2. The molecule has 0 radical (unpaired) electrons. The summed E-state index contributed by atoms with van der Waals surface area (Å²) in [5.41, 5.74) is 2.42. The van der Waals surface area contributed by atoms with E-state index in [0.717, 1.165) is 45.7 Å². The van der Waals surface area contributed by atoms with Crippen LogP contribution in [0.5, 0.6) is 0 Å². The SMILES string of the molecule is O=C(NOC[C@H]1C[C@@H](CN2CCNCC2)CN1)C1CCC2CN1C(=O)N2OS(=O)(=O)O. The van der Waals surface area contributed by atoms with E-state index in [-0.39, 0.29) is 12.6 Å². The predicted octanol–water partition coefficient (Wildman–Crippen LogP) is -2.08. The molecule has 4 rings (SSSR count). The minimum atomic E-state index is -4.81. The van der Waals surface area contributed by atoms with E-state index in [1.54, 1.807) is 0 Å². The smallest absolute Gasteiger partial charge is 0.314 e. The molecule has 0 aromatic rings. The van der Waals surface area contributed by atoms with Crippen molar-refractivity contribution < 1.29 is 31.7 Å². The number of fused-ring (bicyclic) bond motifs is 2. The van der Waals surface area contributed by atoms with Crippen LogP contribution >= 0.6 is 0 Å². The molecule has 176 valence electrons. The fraction of sp³-hybridized carbons (Fsp3) is 0.882. The summed E-state index contributed by atoms with van der Waals surface area (Å²) in [5.74, 6) is 0.0876. The van der Waals surface area contributed by atoms with Gasteiger partial charge in [0.1, 0.15) is 6.04 Å². The number of carbonyl (C=O) groups excluding carboxylic acids is 2. The highest BCUT2D eigenvalue weighted by Gasteiger charge is 2.49. The second-order valence-corrected chi connectivity index (χ2v) is 9.55. The summed E-state index contributed by atoms with van der Waals surface area (Å²) in [6.45, 7) is 6.63. The Kier molecular flexibility index (Phi) is 6.95. The maximum Gasteiger partial charge on any atom is 0.418 e. The molecule has 14 heteroatoms. The minimum absolute atomic E-state index is 0.143. The van der Waals surface area contributed by atoms with Crippen LogP contribution in [0.3, 0.4) is 0 Å². The summed E-state index contributed by atoms with van der Waals surface area (Å²) in [7, 11) is -4.81. The predicted molar refractivity (Wildman–Crippen MR) is 107 cm³/mol. The van der Waals surface area contributed by atoms with Crippen LogP contribution in [0.1, 0.15) is 19.3 Å². The van der Waals surface area contributed by atoms with Crippen molar-refractivity contribution in [2.45, 2.75) is 37.4 Å². The summed E-state index contributed by atoms with van der Waals surface area (Å²) in [6, 6.07) is -1.94. The molecule has 0 saturated carbocycles. The van der Waals surface area contributed by atoms with Gasteiger partial charge in [-0.05, 0) is 31.7 Å². The number of amides is 3. The van der Waals surface area contributed by atoms with Crippen molar-refractivity contribution in [1.82, 2.24) is 31.0 Å². The summed E-state index contributed by atoms with van der Waals surface area (Å²) in [5, 5.41) is 7.39. The van der Waals surface area contributed by atoms with E-state index in [0.29, 0.717) is 30.4 Å². The lowest BCUT2D eigenvalue weighted by molar-refractivity contribution is -0.139. The Morgan fingerprint density at radius 2 is 2.03 bits per heavy atom. The normalized spacial score (nSPS) is 32.0. The molecule has 31 heavy (non-hydrogen) atoms. The first-order chi connectivity index (χ1) is 14.8. The van der Waals surface area contributed by atoms with Gasteiger partial charge in [0.25, 0.3) is 5.91 Å². The number of hydrogen-bond donors (Lipinski definition) is 4. The van der Waals surface area contributed by atoms with Crippen LogP contribution in [-0.4, -0.2) is 110 Å². The molecule has 4 aliphatic heterocycles. The van der Waals surface area contributed by atoms with Crippen molar-refractivity contribution >= 4 is 22.3 Å². The zero-order valence-electron chi connectivity index (χ0n) is 17.2. The average Bonchev–Trinajstić information content (AvgIpc) is 3.26. The van der Waals surface area contributed by atoms with Crippen molar-refractivity contribution in [3.63, 3.8) is 0 Å². The molecule has 0 aliphatic carbocycles. The fourth-order valence-corrected chi connectivity index (χ4v) is 5.20. The number of rotatable bonds is 8. The molecule has 2 unspecified atom stereocenters. The van der Waals surface area contributed by atoms with Gasteiger partial charge in [-0.1, -0.05) is 0 Å². The van der Waals surface area contributed by atoms with Gasteiger partial charge < -0.3 is 20.4 Å². The van der Waals surface area contributed by atoms with Crippen LogP contribution in [0, 0.1) is 5.92 Å². The maximum absolute atomic E-state index is 12.5. The molecule has 4 heterocycles. The van der Waals surface area contributed by atoms with Gasteiger partial charge >= 0.3 is 16.4 Å². The highest BCUT2D eigenvalue weighted by atomic mass is 32.3. The van der Waals surface area contributed by atoms with Gasteiger partial charge in [-0.2, -0.15) is 13.5 Å². The summed E-state index contributed by atoms with van der Waals surface area (Å²) >= 11 is 0. The van der Waals surface area contributed by atoms with Crippen LogP contribution in [0.2, 0.25) is 0 Å². The lowest BCUT2D eigenvalue weighted by Gasteiger charge is -2.29. The monoisotopic (exact) mass is 462 g/mol. The third-order valence-corrected chi connectivity index (χ3v) is 6.65. The first-order valence-electron chi connectivity index (χ1n) is 10.6. The standard InChI is InChI=1S/C17H30N6O7S/c24-16(15-2-1-14-10-22(15)17(25)23(14)30-31(26,27)28)20-29-11-13-7-12(8-19-13)9-21-5-3-18-4-6-21/h12-15,18-19H,1-11H2,(H,20,24)(H,26,27,28)/t12-,13-,14?,15?/m1/s1. The molecule has 0 spiro atoms. The Bertz CT molecular complexity index is 777. The van der Waals surface area contributed by atoms with Crippen LogP contribution in [0.4, 0.5) is 4.79 Å². The summed E-state index contributed by atoms with van der Waals surface area (Å²) < 4.78 is 35.1. The Morgan fingerprint density at radius 1 is 1.26 bits per heavy atom. The third kappa shape index (κ3) is 5.63. The van der Waals surface area contributed by atoms with E-state index in [1.807, 2.05) is 0 Å². The zero-order valence-corrected chi connectivity index (χ0v) is 18.1. The molecule has 0 aromatic heterocycles. The maximum atomic E-state index is 12.5. The number of hydrogen-bond acceptors (Lipinski definition) is 9. The molecular formula is C17H30N6O7S. The number of urea groups is 1. The average molecular weight is 463 g/mol. The van der Waals surface area contributed by atoms with E-state index in [9.17, 15) is 18.0 Å². The first-order valence-corrected chi connectivity index (χ1v) is 12.0. The van der Waals surface area contributed by atoms with Crippen molar-refractivity contribution in [3.8, 4) is 0 Å². The third-order valence-electron chi connectivity index (χ3n) is 6.30. The van der Waals surface area contributed by atoms with E-state index >= 15 is 0 Å². The van der Waals surface area contributed by atoms with Crippen LogP contribution in [0.25, 0.3) is 0 Å². The van der Waals surface area contributed by atoms with Gasteiger partial charge in [-0.15, -0.1) is 4.28 Å². The molecule has 4 saturated heterocycles. The number of hydroxylamine groups is 3. The number of piperazine rings is 1. The van der Waals surface area contributed by atoms with Crippen LogP contribution in [0.15, 0.2) is 0 Å². The number of nitrogens with zero attached hydrogens (tertiary/aromatic N) is 3. The quantitative estimate of drug-likeness (QED) is 0.234. The van der Waals surface area contributed by atoms with Gasteiger partial charge in [0, 0.05) is 45.3 Å². The summed E-state index contributed by atoms with van der Waals surface area (Å²) in [4.78, 5) is 34.0. The van der Waals surface area contributed by atoms with Crippen molar-refractivity contribution in [2.75, 3.05) is 52.4 Å². The van der Waals surface area contributed by atoms with E-state index in [4.69, 9.17) is 9.39 Å². The Hall–Kier alpha value is -1.55. The van der Waals surface area contributed by atoms with Crippen LogP contribution < -0.4 is 16.1 Å². The molecule has 3 amide bonds. The van der Waals surface area contributed by atoms with E-state index < -0.39 is 34.4 Å². The second kappa shape index (κ2) is 9.52. The lowest BCUT2D eigenvalue weighted by Crippen LogP contribution is -2.50. The first kappa shape index (κ1) is 22.6. The molecule has 2 bridgehead atoms. The van der Waals surface area contributed by atoms with E-state index in [1.165, 1.54) is 4.90 Å². The number of piperidine rings is 1. The van der Waals surface area contributed by atoms with Gasteiger partial charge in [0.2, 0.25) is 0 Å². The Morgan fingerprint density at radius 3 is 2.77 bits per heavy atom. The van der Waals surface area contributed by atoms with E-state index in [2.05, 4.69) is 25.3 Å². The lowest BCUT2D eigenvalue weighted by atomic mass is 10.0. The Labute approximate surface area is 181 Å². The van der Waals surface area contributed by atoms with Gasteiger partial charge in [-0.25, -0.2) is 10.3 Å². The number of nitrogens with one attached hydrogen (secondary N) is 3. The molecule has 13 nitrogen and oxygen atoms in total. The van der Waals surface area contributed by atoms with Crippen molar-refractivity contribution in [2.24, 2.45) is 5.92 Å². The molecule has 4 N–H and O–H groups in total. The van der Waals surface area contributed by atoms with Gasteiger partial charge in [0.05, 0.1) is 12.6 Å². The highest BCUT2D eigenvalue weighted by Crippen LogP contribution is 2.30. The molecule has 4 atom stereocenters. The summed E-state index contributed by atoms with van der Waals surface area (Å²) in [6.07, 6.45) is 1.68. The largest absolute Gasteiger partial charge is 0.418 e. The zero-order chi connectivity index (χ0) is 22.0. The van der Waals surface area contributed by atoms with Crippen molar-refractivity contribution in [3.05, 3.63) is 0 Å². The van der Waals surface area contributed by atoms with Crippen LogP contribution in [-0.2, 0) is 24.3 Å².